The Bertz CT molecular complexity index is 545. The number of nitrogens with zero attached hydrogens (tertiary/aromatic N) is 2. The van der Waals surface area contributed by atoms with Crippen molar-refractivity contribution >= 4 is 11.8 Å². The number of hydrogen-bond donors (Lipinski definition) is 2. The quantitative estimate of drug-likeness (QED) is 0.827. The molecule has 1 fully saturated rings. The van der Waals surface area contributed by atoms with Crippen molar-refractivity contribution in [3.05, 3.63) is 11.9 Å². The molecule has 1 amide bonds. The number of methoxy groups -OCH3 is 1. The molecule has 1 aromatic rings. The summed E-state index contributed by atoms with van der Waals surface area (Å²) in [7, 11) is 3.61. The Morgan fingerprint density at radius 1 is 1.33 bits per heavy atom. The fourth-order valence-electron chi connectivity index (χ4n) is 3.42. The summed E-state index contributed by atoms with van der Waals surface area (Å²) in [5.41, 5.74) is 7.36. The van der Waals surface area contributed by atoms with Crippen LogP contribution in [0.4, 0.5) is 10.5 Å². The van der Waals surface area contributed by atoms with E-state index in [-0.39, 0.29) is 12.1 Å². The van der Waals surface area contributed by atoms with E-state index in [2.05, 4.69) is 10.4 Å². The third kappa shape index (κ3) is 4.63. The number of nitrogen functional groups attached to an aromatic ring is 1. The van der Waals surface area contributed by atoms with E-state index in [1.807, 2.05) is 32.5 Å². The number of alkyl carbamates (subject to hydrolysis) is 1. The van der Waals surface area contributed by atoms with Crippen molar-refractivity contribution in [2.75, 3.05) is 12.8 Å². The number of amides is 1. The minimum atomic E-state index is -0.511. The lowest BCUT2D eigenvalue weighted by atomic mass is 9.95. The average molecular weight is 338 g/mol. The lowest BCUT2D eigenvalue weighted by Crippen LogP contribution is -2.45. The van der Waals surface area contributed by atoms with Crippen LogP contribution in [-0.4, -0.2) is 40.7 Å². The molecule has 1 aliphatic carbocycles. The normalized spacial score (nSPS) is 25.1. The maximum atomic E-state index is 12.1. The van der Waals surface area contributed by atoms with Crippen LogP contribution in [-0.2, 0) is 16.5 Å². The number of carbonyl (C=O) groups excluding carboxylic acids is 1. The molecule has 3 atom stereocenters. The Hall–Kier alpha value is -1.76. The highest BCUT2D eigenvalue weighted by Crippen LogP contribution is 2.35. The van der Waals surface area contributed by atoms with Crippen molar-refractivity contribution in [1.29, 1.82) is 0 Å². The summed E-state index contributed by atoms with van der Waals surface area (Å²) in [6.45, 7) is 5.57. The molecular weight excluding hydrogens is 308 g/mol. The second-order valence-corrected chi connectivity index (χ2v) is 7.49. The standard InChI is InChI=1S/C17H30N4O3/c1-17(2,3)24-16(22)20-13-8-6-11(7-9-14(13)23-5)15-12(18)10-19-21(15)4/h10-11,13-14H,6-9,18H2,1-5H3,(H,20,22). The van der Waals surface area contributed by atoms with Gasteiger partial charge in [0.05, 0.1) is 29.7 Å². The van der Waals surface area contributed by atoms with Gasteiger partial charge in [-0.25, -0.2) is 4.79 Å². The van der Waals surface area contributed by atoms with Crippen molar-refractivity contribution in [3.8, 4) is 0 Å². The topological polar surface area (TPSA) is 91.4 Å². The molecule has 24 heavy (non-hydrogen) atoms. The lowest BCUT2D eigenvalue weighted by molar-refractivity contribution is 0.0317. The molecule has 1 saturated carbocycles. The van der Waals surface area contributed by atoms with Crippen molar-refractivity contribution in [3.63, 3.8) is 0 Å². The smallest absolute Gasteiger partial charge is 0.407 e. The molecule has 136 valence electrons. The zero-order chi connectivity index (χ0) is 17.9. The molecule has 0 spiro atoms. The number of carbonyl (C=O) groups is 1. The summed E-state index contributed by atoms with van der Waals surface area (Å²) in [5.74, 6) is 0.320. The molecule has 7 heteroatoms. The van der Waals surface area contributed by atoms with Gasteiger partial charge in [0.15, 0.2) is 0 Å². The molecule has 7 nitrogen and oxygen atoms in total. The van der Waals surface area contributed by atoms with Crippen LogP contribution in [0.5, 0.6) is 0 Å². The molecule has 1 aromatic heterocycles. The highest BCUT2D eigenvalue weighted by molar-refractivity contribution is 5.68. The second-order valence-electron chi connectivity index (χ2n) is 7.49. The Kier molecular flexibility index (Phi) is 5.74. The van der Waals surface area contributed by atoms with Crippen molar-refractivity contribution in [2.45, 2.75) is 70.1 Å². The van der Waals surface area contributed by atoms with Gasteiger partial charge >= 0.3 is 6.09 Å². The summed E-state index contributed by atoms with van der Waals surface area (Å²) in [4.78, 5) is 12.1. The molecule has 1 aliphatic rings. The van der Waals surface area contributed by atoms with E-state index >= 15 is 0 Å². The summed E-state index contributed by atoms with van der Waals surface area (Å²) >= 11 is 0. The van der Waals surface area contributed by atoms with Gasteiger partial charge in [-0.15, -0.1) is 0 Å². The van der Waals surface area contributed by atoms with Gasteiger partial charge in [0, 0.05) is 20.1 Å². The summed E-state index contributed by atoms with van der Waals surface area (Å²) < 4.78 is 12.8. The lowest BCUT2D eigenvalue weighted by Gasteiger charge is -2.27. The maximum Gasteiger partial charge on any atom is 0.407 e. The van der Waals surface area contributed by atoms with E-state index in [1.54, 1.807) is 13.3 Å². The number of aryl methyl sites for hydroxylation is 1. The van der Waals surface area contributed by atoms with Gasteiger partial charge in [-0.05, 0) is 46.5 Å². The maximum absolute atomic E-state index is 12.1. The first-order valence-corrected chi connectivity index (χ1v) is 8.51. The largest absolute Gasteiger partial charge is 0.444 e. The Balaban J connectivity index is 2.05. The number of hydrogen-bond acceptors (Lipinski definition) is 5. The first-order chi connectivity index (χ1) is 11.2. The van der Waals surface area contributed by atoms with Crippen LogP contribution in [0.25, 0.3) is 0 Å². The van der Waals surface area contributed by atoms with E-state index in [9.17, 15) is 4.79 Å². The number of ether oxygens (including phenoxy) is 2. The highest BCUT2D eigenvalue weighted by Gasteiger charge is 2.32. The number of rotatable bonds is 3. The van der Waals surface area contributed by atoms with Crippen LogP contribution >= 0.6 is 0 Å². The van der Waals surface area contributed by atoms with Crippen molar-refractivity contribution in [2.24, 2.45) is 7.05 Å². The van der Waals surface area contributed by atoms with Crippen molar-refractivity contribution < 1.29 is 14.3 Å². The van der Waals surface area contributed by atoms with E-state index in [4.69, 9.17) is 15.2 Å². The minimum Gasteiger partial charge on any atom is -0.444 e. The first-order valence-electron chi connectivity index (χ1n) is 8.51. The Morgan fingerprint density at radius 2 is 2.00 bits per heavy atom. The minimum absolute atomic E-state index is 0.0306. The van der Waals surface area contributed by atoms with E-state index in [1.165, 1.54) is 0 Å². The van der Waals surface area contributed by atoms with E-state index in [0.717, 1.165) is 37.1 Å². The fraction of sp³-hybridized carbons (Fsp3) is 0.765. The molecule has 0 aliphatic heterocycles. The van der Waals surface area contributed by atoms with Crippen molar-refractivity contribution in [1.82, 2.24) is 15.1 Å². The highest BCUT2D eigenvalue weighted by atomic mass is 16.6. The molecule has 0 saturated heterocycles. The number of nitrogens with one attached hydrogen (secondary N) is 1. The van der Waals surface area contributed by atoms with Gasteiger partial charge in [-0.3, -0.25) is 4.68 Å². The molecule has 1 heterocycles. The van der Waals surface area contributed by atoms with Gasteiger partial charge in [-0.1, -0.05) is 0 Å². The zero-order valence-electron chi connectivity index (χ0n) is 15.3. The SMILES string of the molecule is COC1CCC(c2c(N)cnn2C)CCC1NC(=O)OC(C)(C)C. The van der Waals surface area contributed by atoms with Crippen LogP contribution in [0.1, 0.15) is 58.1 Å². The molecule has 0 bridgehead atoms. The molecule has 3 unspecified atom stereocenters. The third-order valence-corrected chi connectivity index (χ3v) is 4.48. The summed E-state index contributed by atoms with van der Waals surface area (Å²) in [6, 6.07) is -0.0655. The van der Waals surface area contributed by atoms with E-state index < -0.39 is 11.7 Å². The fourth-order valence-corrected chi connectivity index (χ4v) is 3.42. The molecule has 0 aromatic carbocycles. The van der Waals surface area contributed by atoms with Gasteiger partial charge in [0.1, 0.15) is 5.60 Å². The van der Waals surface area contributed by atoms with Crippen LogP contribution in [0, 0.1) is 0 Å². The van der Waals surface area contributed by atoms with Crippen LogP contribution < -0.4 is 11.1 Å². The number of aromatic nitrogens is 2. The van der Waals surface area contributed by atoms with Gasteiger partial charge in [0.2, 0.25) is 0 Å². The van der Waals surface area contributed by atoms with Gasteiger partial charge in [-0.2, -0.15) is 5.10 Å². The second kappa shape index (κ2) is 7.42. The monoisotopic (exact) mass is 338 g/mol. The third-order valence-electron chi connectivity index (χ3n) is 4.48. The predicted molar refractivity (Wildman–Crippen MR) is 92.8 cm³/mol. The van der Waals surface area contributed by atoms with Crippen LogP contribution in [0.2, 0.25) is 0 Å². The summed E-state index contributed by atoms with van der Waals surface area (Å²) in [5, 5.41) is 7.21. The Morgan fingerprint density at radius 3 is 2.54 bits per heavy atom. The molecule has 3 N–H and O–H groups in total. The first kappa shape index (κ1) is 18.6. The molecular formula is C17H30N4O3. The molecule has 0 radical (unpaired) electrons. The van der Waals surface area contributed by atoms with Gasteiger partial charge in [0.25, 0.3) is 0 Å². The average Bonchev–Trinajstić information content (AvgIpc) is 2.68. The number of anilines is 1. The van der Waals surface area contributed by atoms with Gasteiger partial charge < -0.3 is 20.5 Å². The molecule has 2 rings (SSSR count). The predicted octanol–water partition coefficient (Wildman–Crippen LogP) is 2.57. The number of nitrogens with two attached hydrogens (primary N) is 1. The van der Waals surface area contributed by atoms with Crippen LogP contribution in [0.15, 0.2) is 6.20 Å². The van der Waals surface area contributed by atoms with E-state index in [0.29, 0.717) is 5.92 Å². The summed E-state index contributed by atoms with van der Waals surface area (Å²) in [6.07, 6.45) is 4.81. The Labute approximate surface area is 143 Å². The van der Waals surface area contributed by atoms with Crippen LogP contribution in [0.3, 0.4) is 0 Å². The zero-order valence-corrected chi connectivity index (χ0v) is 15.3.